The third-order valence-electron chi connectivity index (χ3n) is 5.89. The van der Waals surface area contributed by atoms with Crippen molar-refractivity contribution in [2.75, 3.05) is 13.6 Å². The van der Waals surface area contributed by atoms with Crippen molar-refractivity contribution < 1.29 is 4.39 Å². The maximum Gasteiger partial charge on any atom is 0.216 e. The number of nitrogens with one attached hydrogen (secondary N) is 2. The van der Waals surface area contributed by atoms with Crippen LogP contribution in [-0.2, 0) is 0 Å². The molecule has 4 N–H and O–H groups in total. The molecule has 6 heteroatoms. The van der Waals surface area contributed by atoms with Gasteiger partial charge in [-0.3, -0.25) is 4.90 Å². The van der Waals surface area contributed by atoms with E-state index in [0.717, 1.165) is 42.4 Å². The predicted molar refractivity (Wildman–Crippen MR) is 125 cm³/mol. The molecule has 1 aromatic carbocycles. The molecule has 164 valence electrons. The number of halogens is 1. The Balaban J connectivity index is 2.01. The highest BCUT2D eigenvalue weighted by Gasteiger charge is 2.27. The molecular weight excluding hydrogens is 389 g/mol. The van der Waals surface area contributed by atoms with E-state index in [1.54, 1.807) is 6.08 Å². The number of hydrogen-bond donors (Lipinski definition) is 3. The van der Waals surface area contributed by atoms with Gasteiger partial charge in [0, 0.05) is 29.2 Å². The number of rotatable bonds is 8. The number of aromatic nitrogens is 1. The van der Waals surface area contributed by atoms with Crippen molar-refractivity contribution in [2.24, 2.45) is 5.73 Å². The van der Waals surface area contributed by atoms with Crippen molar-refractivity contribution in [3.8, 4) is 0 Å². The van der Waals surface area contributed by atoms with Crippen LogP contribution in [-0.4, -0.2) is 35.7 Å². The minimum atomic E-state index is -0.442. The molecule has 0 amide bonds. The molecule has 1 aliphatic rings. The second kappa shape index (κ2) is 9.88. The van der Waals surface area contributed by atoms with Crippen LogP contribution in [0.15, 0.2) is 54.8 Å². The second-order valence-electron chi connectivity index (χ2n) is 8.43. The molecule has 1 aliphatic heterocycles. The molecular formula is C25H32FN5. The molecule has 2 heterocycles. The number of allylic oxidation sites excluding steroid dienone is 1. The summed E-state index contributed by atoms with van der Waals surface area (Å²) in [5.41, 5.74) is 10.4. The van der Waals surface area contributed by atoms with Crippen LogP contribution >= 0.6 is 0 Å². The lowest BCUT2D eigenvalue weighted by molar-refractivity contribution is 0.330. The molecule has 0 spiro atoms. The van der Waals surface area contributed by atoms with Crippen LogP contribution in [0, 0.1) is 11.4 Å². The maximum atomic E-state index is 14.8. The summed E-state index contributed by atoms with van der Waals surface area (Å²) in [6, 6.07) is 11.3. The van der Waals surface area contributed by atoms with Crippen LogP contribution in [0.25, 0.3) is 5.70 Å². The molecule has 2 unspecified atom stereocenters. The van der Waals surface area contributed by atoms with Gasteiger partial charge in [-0.05, 0) is 61.7 Å². The lowest BCUT2D eigenvalue weighted by Crippen LogP contribution is -2.35. The van der Waals surface area contributed by atoms with Gasteiger partial charge in [0.15, 0.2) is 0 Å². The first kappa shape index (κ1) is 22.7. The van der Waals surface area contributed by atoms with Gasteiger partial charge in [0.2, 0.25) is 5.95 Å². The highest BCUT2D eigenvalue weighted by atomic mass is 19.1. The van der Waals surface area contributed by atoms with Crippen molar-refractivity contribution in [1.29, 1.82) is 5.41 Å². The van der Waals surface area contributed by atoms with Gasteiger partial charge in [-0.15, -0.1) is 0 Å². The summed E-state index contributed by atoms with van der Waals surface area (Å²) in [7, 11) is 2.10. The molecule has 0 radical (unpaired) electrons. The zero-order chi connectivity index (χ0) is 22.5. The Morgan fingerprint density at radius 3 is 2.74 bits per heavy atom. The highest BCUT2D eigenvalue weighted by molar-refractivity contribution is 5.81. The van der Waals surface area contributed by atoms with Crippen molar-refractivity contribution >= 4 is 11.9 Å². The lowest BCUT2D eigenvalue weighted by Gasteiger charge is -2.28. The summed E-state index contributed by atoms with van der Waals surface area (Å²) in [5.74, 6) is -0.383. The lowest BCUT2D eigenvalue weighted by atomic mass is 9.97. The third-order valence-corrected chi connectivity index (χ3v) is 5.89. The Bertz CT molecular complexity index is 982. The minimum Gasteiger partial charge on any atom is -0.398 e. The average Bonchev–Trinajstić information content (AvgIpc) is 3.17. The van der Waals surface area contributed by atoms with Crippen LogP contribution in [0.4, 0.5) is 4.39 Å². The Kier molecular flexibility index (Phi) is 7.23. The van der Waals surface area contributed by atoms with Gasteiger partial charge in [0.05, 0.1) is 11.7 Å². The fourth-order valence-electron chi connectivity index (χ4n) is 4.09. The number of likely N-dealkylation sites (tertiary alicyclic amines) is 1. The number of nitrogens with two attached hydrogens (primary N) is 1. The van der Waals surface area contributed by atoms with Crippen molar-refractivity contribution in [2.45, 2.75) is 44.7 Å². The standard InChI is InChI=1S/C25H32FN5/c1-16(2)20-10-11-22(30-25(20)26)24(29-17(3)23-9-6-14-31(23)4)19-8-5-7-18(15-19)21(28)12-13-27/h5,7-8,10-13,15-16,23-24,27,29H,3,6,9,14,28H2,1-2,4H3/b21-12-,27-13?. The molecule has 1 saturated heterocycles. The second-order valence-corrected chi connectivity index (χ2v) is 8.43. The van der Waals surface area contributed by atoms with Crippen molar-refractivity contribution in [3.63, 3.8) is 0 Å². The minimum absolute atomic E-state index is 0.0597. The molecule has 3 rings (SSSR count). The zero-order valence-electron chi connectivity index (χ0n) is 18.5. The molecule has 1 aromatic heterocycles. The van der Waals surface area contributed by atoms with E-state index in [1.807, 2.05) is 50.2 Å². The van der Waals surface area contributed by atoms with E-state index in [2.05, 4.69) is 28.8 Å². The largest absolute Gasteiger partial charge is 0.398 e. The van der Waals surface area contributed by atoms with E-state index in [-0.39, 0.29) is 18.0 Å². The number of nitrogens with zero attached hydrogens (tertiary/aromatic N) is 2. The first-order valence-electron chi connectivity index (χ1n) is 10.7. The number of benzene rings is 1. The van der Waals surface area contributed by atoms with Crippen molar-refractivity contribution in [3.05, 3.63) is 83.1 Å². The highest BCUT2D eigenvalue weighted by Crippen LogP contribution is 2.29. The molecule has 0 saturated carbocycles. The van der Waals surface area contributed by atoms with Crippen LogP contribution < -0.4 is 11.1 Å². The molecule has 31 heavy (non-hydrogen) atoms. The molecule has 1 fully saturated rings. The summed E-state index contributed by atoms with van der Waals surface area (Å²) in [6.45, 7) is 9.23. The zero-order valence-corrected chi connectivity index (χ0v) is 18.5. The summed E-state index contributed by atoms with van der Waals surface area (Å²) in [4.78, 5) is 6.60. The molecule has 2 aromatic rings. The SMILES string of the molecule is C=C(NC(c1cccc(/C(N)=C/C=N)c1)c1ccc(C(C)C)c(F)n1)C1CCCN1C. The molecule has 2 atom stereocenters. The van der Waals surface area contributed by atoms with Crippen LogP contribution in [0.3, 0.4) is 0 Å². The van der Waals surface area contributed by atoms with Gasteiger partial charge < -0.3 is 16.5 Å². The number of hydrogen-bond acceptors (Lipinski definition) is 5. The smallest absolute Gasteiger partial charge is 0.216 e. The first-order valence-corrected chi connectivity index (χ1v) is 10.7. The average molecular weight is 422 g/mol. The maximum absolute atomic E-state index is 14.8. The number of pyridine rings is 1. The normalized spacial score (nSPS) is 18.2. The van der Waals surface area contributed by atoms with Gasteiger partial charge >= 0.3 is 0 Å². The van der Waals surface area contributed by atoms with Gasteiger partial charge in [-0.2, -0.15) is 4.39 Å². The molecule has 0 aliphatic carbocycles. The van der Waals surface area contributed by atoms with Gasteiger partial charge in [-0.25, -0.2) is 4.98 Å². The summed E-state index contributed by atoms with van der Waals surface area (Å²) < 4.78 is 14.8. The molecule has 5 nitrogen and oxygen atoms in total. The molecule has 0 bridgehead atoms. The fraction of sp³-hybridized carbons (Fsp3) is 0.360. The summed E-state index contributed by atoms with van der Waals surface area (Å²) in [6.07, 6.45) is 4.88. The Morgan fingerprint density at radius 2 is 2.13 bits per heavy atom. The van der Waals surface area contributed by atoms with Gasteiger partial charge in [0.25, 0.3) is 0 Å². The Labute approximate surface area is 184 Å². The summed E-state index contributed by atoms with van der Waals surface area (Å²) in [5, 5.41) is 10.8. The quantitative estimate of drug-likeness (QED) is 0.431. The predicted octanol–water partition coefficient (Wildman–Crippen LogP) is 4.58. The van der Waals surface area contributed by atoms with E-state index in [4.69, 9.17) is 11.1 Å². The monoisotopic (exact) mass is 421 g/mol. The van der Waals surface area contributed by atoms with Crippen LogP contribution in [0.5, 0.6) is 0 Å². The fourth-order valence-corrected chi connectivity index (χ4v) is 4.09. The van der Waals surface area contributed by atoms with E-state index < -0.39 is 5.95 Å². The van der Waals surface area contributed by atoms with E-state index in [0.29, 0.717) is 17.0 Å². The topological polar surface area (TPSA) is 78.0 Å². The first-order chi connectivity index (χ1) is 14.8. The third kappa shape index (κ3) is 5.20. The number of likely N-dealkylation sites (N-methyl/N-ethyl adjacent to an activating group) is 1. The summed E-state index contributed by atoms with van der Waals surface area (Å²) >= 11 is 0. The van der Waals surface area contributed by atoms with E-state index in [9.17, 15) is 4.39 Å². The van der Waals surface area contributed by atoms with Crippen LogP contribution in [0.1, 0.15) is 61.0 Å². The van der Waals surface area contributed by atoms with E-state index >= 15 is 0 Å². The van der Waals surface area contributed by atoms with Gasteiger partial charge in [0.1, 0.15) is 0 Å². The van der Waals surface area contributed by atoms with Crippen LogP contribution in [0.2, 0.25) is 0 Å². The Hall–Kier alpha value is -2.99. The van der Waals surface area contributed by atoms with Crippen molar-refractivity contribution in [1.82, 2.24) is 15.2 Å². The van der Waals surface area contributed by atoms with E-state index in [1.165, 1.54) is 0 Å². The van der Waals surface area contributed by atoms with Gasteiger partial charge in [-0.1, -0.05) is 44.7 Å². The Morgan fingerprint density at radius 1 is 1.35 bits per heavy atom.